The number of rotatable bonds is 6. The zero-order valence-corrected chi connectivity index (χ0v) is 10.0. The molecule has 3 nitrogen and oxygen atoms in total. The first kappa shape index (κ1) is 13.2. The summed E-state index contributed by atoms with van der Waals surface area (Å²) < 4.78 is 0. The predicted molar refractivity (Wildman–Crippen MR) is 67.7 cm³/mol. The van der Waals surface area contributed by atoms with Crippen LogP contribution < -0.4 is 5.32 Å². The average Bonchev–Trinajstić information content (AvgIpc) is 2.30. The first-order valence-corrected chi connectivity index (χ1v) is 5.57. The third kappa shape index (κ3) is 4.64. The topological polar surface area (TPSA) is 46.2 Å². The number of amides is 1. The van der Waals surface area contributed by atoms with Gasteiger partial charge in [-0.15, -0.1) is 6.58 Å². The fraction of sp³-hybridized carbons (Fsp3) is 0.286. The van der Waals surface area contributed by atoms with E-state index in [0.29, 0.717) is 12.8 Å². The van der Waals surface area contributed by atoms with Gasteiger partial charge in [0.2, 0.25) is 5.91 Å². The summed E-state index contributed by atoms with van der Waals surface area (Å²) in [5.41, 5.74) is 2.07. The molecule has 0 atom stereocenters. The SMILES string of the molecule is C=CCC(=O)CNC(=O)Cc1ccccc1C. The molecular weight excluding hydrogens is 214 g/mol. The van der Waals surface area contributed by atoms with Crippen molar-refractivity contribution in [2.24, 2.45) is 0 Å². The van der Waals surface area contributed by atoms with Crippen LogP contribution >= 0.6 is 0 Å². The first-order chi connectivity index (χ1) is 8.13. The first-order valence-electron chi connectivity index (χ1n) is 5.57. The Kier molecular flexibility index (Phi) is 5.14. The van der Waals surface area contributed by atoms with Crippen LogP contribution in [0.5, 0.6) is 0 Å². The zero-order chi connectivity index (χ0) is 12.7. The van der Waals surface area contributed by atoms with E-state index in [1.807, 2.05) is 31.2 Å². The molecule has 0 radical (unpaired) electrons. The van der Waals surface area contributed by atoms with Crippen molar-refractivity contribution in [3.8, 4) is 0 Å². The maximum absolute atomic E-state index is 11.6. The monoisotopic (exact) mass is 231 g/mol. The van der Waals surface area contributed by atoms with Crippen LogP contribution in [0.15, 0.2) is 36.9 Å². The molecule has 0 spiro atoms. The molecule has 0 fully saturated rings. The molecule has 17 heavy (non-hydrogen) atoms. The highest BCUT2D eigenvalue weighted by atomic mass is 16.2. The molecular formula is C14H17NO2. The van der Waals surface area contributed by atoms with Gasteiger partial charge in [-0.3, -0.25) is 9.59 Å². The summed E-state index contributed by atoms with van der Waals surface area (Å²) in [5.74, 6) is -0.158. The Morgan fingerprint density at radius 1 is 1.35 bits per heavy atom. The highest BCUT2D eigenvalue weighted by Gasteiger charge is 2.06. The molecule has 0 aromatic heterocycles. The molecule has 1 N–H and O–H groups in total. The van der Waals surface area contributed by atoms with Crippen LogP contribution in [-0.4, -0.2) is 18.2 Å². The van der Waals surface area contributed by atoms with Crippen LogP contribution in [0.2, 0.25) is 0 Å². The standard InChI is InChI=1S/C14H17NO2/c1-3-6-13(16)10-15-14(17)9-12-8-5-4-7-11(12)2/h3-5,7-8H,1,6,9-10H2,2H3,(H,15,17). The maximum Gasteiger partial charge on any atom is 0.224 e. The van der Waals surface area contributed by atoms with Gasteiger partial charge in [0.15, 0.2) is 5.78 Å². The summed E-state index contributed by atoms with van der Waals surface area (Å²) in [4.78, 5) is 22.8. The largest absolute Gasteiger partial charge is 0.349 e. The Morgan fingerprint density at radius 3 is 2.71 bits per heavy atom. The van der Waals surface area contributed by atoms with Crippen LogP contribution in [0.4, 0.5) is 0 Å². The van der Waals surface area contributed by atoms with Gasteiger partial charge in [-0.25, -0.2) is 0 Å². The lowest BCUT2D eigenvalue weighted by atomic mass is 10.1. The molecule has 1 amide bonds. The summed E-state index contributed by atoms with van der Waals surface area (Å²) in [6, 6.07) is 7.72. The van der Waals surface area contributed by atoms with E-state index in [2.05, 4.69) is 11.9 Å². The Labute approximate surface area is 102 Å². The summed E-state index contributed by atoms with van der Waals surface area (Å²) in [6.07, 6.45) is 2.15. The molecule has 1 aromatic carbocycles. The number of hydrogen-bond donors (Lipinski definition) is 1. The maximum atomic E-state index is 11.6. The normalized spacial score (nSPS) is 9.71. The van der Waals surface area contributed by atoms with Gasteiger partial charge < -0.3 is 5.32 Å². The van der Waals surface area contributed by atoms with Crippen molar-refractivity contribution in [2.45, 2.75) is 19.8 Å². The number of Topliss-reactive ketones (excluding diaryl/α,β-unsaturated/α-hetero) is 1. The number of carbonyl (C=O) groups is 2. The molecule has 0 unspecified atom stereocenters. The molecule has 1 rings (SSSR count). The molecule has 0 aliphatic carbocycles. The highest BCUT2D eigenvalue weighted by molar-refractivity contribution is 5.87. The van der Waals surface area contributed by atoms with Crippen LogP contribution in [0.25, 0.3) is 0 Å². The van der Waals surface area contributed by atoms with E-state index in [-0.39, 0.29) is 18.2 Å². The third-order valence-corrected chi connectivity index (χ3v) is 2.47. The second-order valence-electron chi connectivity index (χ2n) is 3.91. The van der Waals surface area contributed by atoms with Gasteiger partial charge in [-0.05, 0) is 18.1 Å². The summed E-state index contributed by atoms with van der Waals surface area (Å²) in [6.45, 7) is 5.52. The lowest BCUT2D eigenvalue weighted by molar-refractivity contribution is -0.124. The van der Waals surface area contributed by atoms with Crippen molar-refractivity contribution in [3.05, 3.63) is 48.0 Å². The quantitative estimate of drug-likeness (QED) is 0.759. The second-order valence-corrected chi connectivity index (χ2v) is 3.91. The van der Waals surface area contributed by atoms with Crippen LogP contribution in [0.3, 0.4) is 0 Å². The van der Waals surface area contributed by atoms with Crippen LogP contribution in [-0.2, 0) is 16.0 Å². The van der Waals surface area contributed by atoms with Gasteiger partial charge in [0.1, 0.15) is 0 Å². The van der Waals surface area contributed by atoms with E-state index >= 15 is 0 Å². The molecule has 0 aliphatic heterocycles. The number of hydrogen-bond acceptors (Lipinski definition) is 2. The zero-order valence-electron chi connectivity index (χ0n) is 10.0. The van der Waals surface area contributed by atoms with E-state index in [0.717, 1.165) is 11.1 Å². The van der Waals surface area contributed by atoms with E-state index in [1.54, 1.807) is 0 Å². The van der Waals surface area contributed by atoms with Gasteiger partial charge in [0.25, 0.3) is 0 Å². The van der Waals surface area contributed by atoms with Crippen molar-refractivity contribution in [3.63, 3.8) is 0 Å². The average molecular weight is 231 g/mol. The number of allylic oxidation sites excluding steroid dienone is 1. The van der Waals surface area contributed by atoms with E-state index in [1.165, 1.54) is 6.08 Å². The van der Waals surface area contributed by atoms with Crippen molar-refractivity contribution in [1.29, 1.82) is 0 Å². The van der Waals surface area contributed by atoms with Gasteiger partial charge in [-0.1, -0.05) is 30.3 Å². The van der Waals surface area contributed by atoms with E-state index in [9.17, 15) is 9.59 Å². The van der Waals surface area contributed by atoms with Gasteiger partial charge in [0.05, 0.1) is 13.0 Å². The van der Waals surface area contributed by atoms with Crippen molar-refractivity contribution < 1.29 is 9.59 Å². The van der Waals surface area contributed by atoms with Crippen molar-refractivity contribution >= 4 is 11.7 Å². The van der Waals surface area contributed by atoms with Crippen molar-refractivity contribution in [1.82, 2.24) is 5.32 Å². The number of carbonyl (C=O) groups excluding carboxylic acids is 2. The molecule has 0 saturated carbocycles. The summed E-state index contributed by atoms with van der Waals surface area (Å²) in [7, 11) is 0. The van der Waals surface area contributed by atoms with Gasteiger partial charge in [0, 0.05) is 6.42 Å². The molecule has 3 heteroatoms. The Balaban J connectivity index is 2.43. The second kappa shape index (κ2) is 6.63. The number of benzene rings is 1. The van der Waals surface area contributed by atoms with E-state index < -0.39 is 0 Å². The lowest BCUT2D eigenvalue weighted by Crippen LogP contribution is -2.30. The molecule has 1 aromatic rings. The Hall–Kier alpha value is -1.90. The summed E-state index contributed by atoms with van der Waals surface area (Å²) in [5, 5.41) is 2.61. The third-order valence-electron chi connectivity index (χ3n) is 2.47. The summed E-state index contributed by atoms with van der Waals surface area (Å²) >= 11 is 0. The minimum Gasteiger partial charge on any atom is -0.349 e. The minimum absolute atomic E-state index is 0.0295. The lowest BCUT2D eigenvalue weighted by Gasteiger charge is -2.06. The number of nitrogens with one attached hydrogen (secondary N) is 1. The highest BCUT2D eigenvalue weighted by Crippen LogP contribution is 2.07. The minimum atomic E-state index is -0.128. The van der Waals surface area contributed by atoms with E-state index in [4.69, 9.17) is 0 Å². The molecule has 0 bridgehead atoms. The van der Waals surface area contributed by atoms with Crippen molar-refractivity contribution in [2.75, 3.05) is 6.54 Å². The number of aryl methyl sites for hydroxylation is 1. The fourth-order valence-corrected chi connectivity index (χ4v) is 1.47. The molecule has 90 valence electrons. The molecule has 0 saturated heterocycles. The van der Waals surface area contributed by atoms with Crippen LogP contribution in [0, 0.1) is 6.92 Å². The smallest absolute Gasteiger partial charge is 0.224 e. The predicted octanol–water partition coefficient (Wildman–Crippen LogP) is 1.80. The fourth-order valence-electron chi connectivity index (χ4n) is 1.47. The van der Waals surface area contributed by atoms with Gasteiger partial charge in [-0.2, -0.15) is 0 Å². The van der Waals surface area contributed by atoms with Gasteiger partial charge >= 0.3 is 0 Å². The van der Waals surface area contributed by atoms with Crippen LogP contribution in [0.1, 0.15) is 17.5 Å². The Morgan fingerprint density at radius 2 is 2.06 bits per heavy atom. The number of ketones is 1. The molecule has 0 heterocycles. The molecule has 0 aliphatic rings. The Bertz CT molecular complexity index is 424.